The summed E-state index contributed by atoms with van der Waals surface area (Å²) < 4.78 is 4.96. The molecule has 0 aromatic heterocycles. The molecule has 1 rings (SSSR count). The van der Waals surface area contributed by atoms with Gasteiger partial charge in [0.2, 0.25) is 0 Å². The first-order valence-electron chi connectivity index (χ1n) is 5.88. The fourth-order valence-corrected chi connectivity index (χ4v) is 1.40. The van der Waals surface area contributed by atoms with Crippen molar-refractivity contribution in [2.24, 2.45) is 10.4 Å². The highest BCUT2D eigenvalue weighted by atomic mass is 127. The number of nitrogens with zero attached hydrogens (tertiary/aromatic N) is 1. The smallest absolute Gasteiger partial charge is 0.191 e. The zero-order valence-corrected chi connectivity index (χ0v) is 13.0. The van der Waals surface area contributed by atoms with Crippen molar-refractivity contribution in [1.82, 2.24) is 10.6 Å². The van der Waals surface area contributed by atoms with Crippen LogP contribution in [0.3, 0.4) is 0 Å². The van der Waals surface area contributed by atoms with E-state index in [1.165, 1.54) is 0 Å². The lowest BCUT2D eigenvalue weighted by molar-refractivity contribution is 0.203. The number of methoxy groups -OCH3 is 1. The molecule has 0 aromatic rings. The summed E-state index contributed by atoms with van der Waals surface area (Å²) >= 11 is 0. The minimum Gasteiger partial charge on any atom is -0.396 e. The molecule has 3 N–H and O–H groups in total. The van der Waals surface area contributed by atoms with Crippen molar-refractivity contribution in [2.75, 3.05) is 40.0 Å². The highest BCUT2D eigenvalue weighted by Crippen LogP contribution is 2.45. The summed E-state index contributed by atoms with van der Waals surface area (Å²) in [6.45, 7) is 5.22. The molecule has 6 heteroatoms. The van der Waals surface area contributed by atoms with E-state index in [2.05, 4.69) is 15.6 Å². The molecule has 0 bridgehead atoms. The standard InChI is InChI=1S/C11H23N3O2.HI/c1-3-12-10(13-6-7-16-2)14-8-11(9-15)4-5-11;/h15H,3-9H2,1-2H3,(H2,12,13,14);1H. The molecule has 0 aromatic carbocycles. The lowest BCUT2D eigenvalue weighted by Gasteiger charge is -2.13. The molecular formula is C11H24IN3O2. The van der Waals surface area contributed by atoms with Crippen LogP contribution in [0.5, 0.6) is 0 Å². The summed E-state index contributed by atoms with van der Waals surface area (Å²) in [4.78, 5) is 4.47. The van der Waals surface area contributed by atoms with Gasteiger partial charge in [-0.25, -0.2) is 0 Å². The Balaban J connectivity index is 0.00000256. The van der Waals surface area contributed by atoms with Gasteiger partial charge in [-0.2, -0.15) is 0 Å². The quantitative estimate of drug-likeness (QED) is 0.270. The van der Waals surface area contributed by atoms with Gasteiger partial charge in [0.05, 0.1) is 19.8 Å². The van der Waals surface area contributed by atoms with Crippen LogP contribution >= 0.6 is 24.0 Å². The Labute approximate surface area is 120 Å². The number of ether oxygens (including phenoxy) is 1. The monoisotopic (exact) mass is 357 g/mol. The van der Waals surface area contributed by atoms with E-state index in [0.717, 1.165) is 31.9 Å². The van der Waals surface area contributed by atoms with Crippen molar-refractivity contribution in [3.05, 3.63) is 0 Å². The molecule has 0 aliphatic heterocycles. The second-order valence-electron chi connectivity index (χ2n) is 4.27. The van der Waals surface area contributed by atoms with Crippen molar-refractivity contribution < 1.29 is 9.84 Å². The third-order valence-corrected chi connectivity index (χ3v) is 2.81. The highest BCUT2D eigenvalue weighted by Gasteiger charge is 2.41. The molecule has 5 nitrogen and oxygen atoms in total. The van der Waals surface area contributed by atoms with Gasteiger partial charge in [0, 0.05) is 25.6 Å². The van der Waals surface area contributed by atoms with E-state index in [0.29, 0.717) is 13.2 Å². The lowest BCUT2D eigenvalue weighted by Crippen LogP contribution is -2.39. The minimum absolute atomic E-state index is 0. The molecular weight excluding hydrogens is 333 g/mol. The van der Waals surface area contributed by atoms with Gasteiger partial charge in [-0.05, 0) is 19.8 Å². The Morgan fingerprint density at radius 3 is 2.59 bits per heavy atom. The van der Waals surface area contributed by atoms with Gasteiger partial charge in [0.1, 0.15) is 0 Å². The van der Waals surface area contributed by atoms with Gasteiger partial charge in [-0.3, -0.25) is 4.99 Å². The minimum atomic E-state index is 0. The van der Waals surface area contributed by atoms with E-state index in [9.17, 15) is 5.11 Å². The Kier molecular flexibility index (Phi) is 8.89. The number of aliphatic hydroxyl groups is 1. The number of hydrogen-bond donors (Lipinski definition) is 3. The van der Waals surface area contributed by atoms with Gasteiger partial charge in [0.15, 0.2) is 5.96 Å². The highest BCUT2D eigenvalue weighted by molar-refractivity contribution is 14.0. The summed E-state index contributed by atoms with van der Waals surface area (Å²) in [7, 11) is 1.68. The maximum absolute atomic E-state index is 9.18. The first-order chi connectivity index (χ1) is 7.76. The normalized spacial score (nSPS) is 17.2. The molecule has 1 fully saturated rings. The number of halogens is 1. The summed E-state index contributed by atoms with van der Waals surface area (Å²) in [5.74, 6) is 0.805. The Hall–Kier alpha value is -0.0800. The average Bonchev–Trinajstić information content (AvgIpc) is 3.07. The van der Waals surface area contributed by atoms with Crippen LogP contribution in [0.2, 0.25) is 0 Å². The Bertz CT molecular complexity index is 233. The molecule has 1 saturated carbocycles. The molecule has 0 radical (unpaired) electrons. The fraction of sp³-hybridized carbons (Fsp3) is 0.909. The number of guanidine groups is 1. The van der Waals surface area contributed by atoms with Crippen molar-refractivity contribution in [3.63, 3.8) is 0 Å². The van der Waals surface area contributed by atoms with Gasteiger partial charge in [0.25, 0.3) is 0 Å². The topological polar surface area (TPSA) is 65.9 Å². The SMILES string of the molecule is CCNC(=NCC1(CO)CC1)NCCOC.I. The molecule has 1 aliphatic rings. The van der Waals surface area contributed by atoms with Crippen molar-refractivity contribution in [1.29, 1.82) is 0 Å². The van der Waals surface area contributed by atoms with E-state index >= 15 is 0 Å². The van der Waals surface area contributed by atoms with Gasteiger partial charge in [-0.1, -0.05) is 0 Å². The van der Waals surface area contributed by atoms with Crippen molar-refractivity contribution in [3.8, 4) is 0 Å². The maximum atomic E-state index is 9.18. The molecule has 0 unspecified atom stereocenters. The molecule has 0 atom stereocenters. The van der Waals surface area contributed by atoms with Crippen LogP contribution < -0.4 is 10.6 Å². The number of nitrogens with one attached hydrogen (secondary N) is 2. The zero-order chi connectivity index (χ0) is 11.9. The molecule has 0 amide bonds. The van der Waals surface area contributed by atoms with Crippen molar-refractivity contribution in [2.45, 2.75) is 19.8 Å². The van der Waals surface area contributed by atoms with Gasteiger partial charge >= 0.3 is 0 Å². The second kappa shape index (κ2) is 8.93. The van der Waals surface area contributed by atoms with Crippen LogP contribution in [0.4, 0.5) is 0 Å². The van der Waals surface area contributed by atoms with E-state index in [1.54, 1.807) is 7.11 Å². The molecule has 0 saturated heterocycles. The summed E-state index contributed by atoms with van der Waals surface area (Å²) in [6, 6.07) is 0. The van der Waals surface area contributed by atoms with Gasteiger partial charge in [-0.15, -0.1) is 24.0 Å². The zero-order valence-electron chi connectivity index (χ0n) is 10.7. The molecule has 0 spiro atoms. The van der Waals surface area contributed by atoms with Crippen LogP contribution in [-0.4, -0.2) is 51.0 Å². The number of aliphatic hydroxyl groups excluding tert-OH is 1. The average molecular weight is 357 g/mol. The van der Waals surface area contributed by atoms with Crippen LogP contribution in [0.25, 0.3) is 0 Å². The molecule has 0 heterocycles. The van der Waals surface area contributed by atoms with Crippen LogP contribution in [-0.2, 0) is 4.74 Å². The van der Waals surface area contributed by atoms with Crippen LogP contribution in [0.15, 0.2) is 4.99 Å². The maximum Gasteiger partial charge on any atom is 0.191 e. The second-order valence-corrected chi connectivity index (χ2v) is 4.27. The first-order valence-corrected chi connectivity index (χ1v) is 5.88. The third kappa shape index (κ3) is 6.42. The predicted molar refractivity (Wildman–Crippen MR) is 80.0 cm³/mol. The number of hydrogen-bond acceptors (Lipinski definition) is 3. The van der Waals surface area contributed by atoms with E-state index in [1.807, 2.05) is 6.92 Å². The van der Waals surface area contributed by atoms with Crippen LogP contribution in [0.1, 0.15) is 19.8 Å². The Morgan fingerprint density at radius 2 is 2.12 bits per heavy atom. The van der Waals surface area contributed by atoms with E-state index in [4.69, 9.17) is 4.74 Å². The van der Waals surface area contributed by atoms with Crippen molar-refractivity contribution >= 4 is 29.9 Å². The summed E-state index contributed by atoms with van der Waals surface area (Å²) in [5, 5.41) is 15.5. The summed E-state index contributed by atoms with van der Waals surface area (Å²) in [6.07, 6.45) is 2.18. The largest absolute Gasteiger partial charge is 0.396 e. The molecule has 102 valence electrons. The summed E-state index contributed by atoms with van der Waals surface area (Å²) in [5.41, 5.74) is 0.0730. The molecule has 17 heavy (non-hydrogen) atoms. The number of aliphatic imine (C=N–C) groups is 1. The Morgan fingerprint density at radius 1 is 1.41 bits per heavy atom. The fourth-order valence-electron chi connectivity index (χ4n) is 1.40. The predicted octanol–water partition coefficient (Wildman–Crippen LogP) is 0.578. The van der Waals surface area contributed by atoms with Gasteiger partial charge < -0.3 is 20.5 Å². The lowest BCUT2D eigenvalue weighted by atomic mass is 10.1. The van der Waals surface area contributed by atoms with E-state index in [-0.39, 0.29) is 36.0 Å². The van der Waals surface area contributed by atoms with E-state index < -0.39 is 0 Å². The first kappa shape index (κ1) is 16.9. The third-order valence-electron chi connectivity index (χ3n) is 2.81. The van der Waals surface area contributed by atoms with Crippen LogP contribution in [0, 0.1) is 5.41 Å². The molecule has 1 aliphatic carbocycles. The number of rotatable bonds is 7.